The van der Waals surface area contributed by atoms with E-state index >= 15 is 0 Å². The van der Waals surface area contributed by atoms with Gasteiger partial charge in [0.1, 0.15) is 5.01 Å². The second-order valence-electron chi connectivity index (χ2n) is 3.73. The number of hydrogen-bond donors (Lipinski definition) is 1. The van der Waals surface area contributed by atoms with Crippen LogP contribution in [0.5, 0.6) is 0 Å². The number of aromatic nitrogens is 1. The van der Waals surface area contributed by atoms with Crippen LogP contribution in [0.3, 0.4) is 0 Å². The Bertz CT molecular complexity index is 445. The van der Waals surface area contributed by atoms with Crippen LogP contribution >= 0.6 is 11.3 Å². The van der Waals surface area contributed by atoms with Gasteiger partial charge in [0.25, 0.3) is 0 Å². The number of nitrogens with two attached hydrogens (primary N) is 1. The van der Waals surface area contributed by atoms with Crippen LogP contribution in [0.15, 0.2) is 29.6 Å². The zero-order chi connectivity index (χ0) is 11.4. The minimum Gasteiger partial charge on any atom is -0.330 e. The molecule has 0 saturated carbocycles. The number of hydrogen-bond acceptors (Lipinski definition) is 3. The molecular weight excluding hydrogens is 216 g/mol. The summed E-state index contributed by atoms with van der Waals surface area (Å²) in [4.78, 5) is 4.56. The molecule has 0 radical (unpaired) electrons. The van der Waals surface area contributed by atoms with Crippen LogP contribution in [0.25, 0.3) is 10.6 Å². The van der Waals surface area contributed by atoms with Crippen molar-refractivity contribution in [3.63, 3.8) is 0 Å². The van der Waals surface area contributed by atoms with E-state index < -0.39 is 0 Å². The maximum atomic E-state index is 5.51. The average Bonchev–Trinajstić information content (AvgIpc) is 2.78. The van der Waals surface area contributed by atoms with Crippen molar-refractivity contribution >= 4 is 11.3 Å². The van der Waals surface area contributed by atoms with Gasteiger partial charge in [-0.3, -0.25) is 0 Å². The molecule has 2 aromatic rings. The Balaban J connectivity index is 2.21. The number of benzene rings is 1. The summed E-state index contributed by atoms with van der Waals surface area (Å²) in [5.74, 6) is 0. The molecule has 0 aliphatic rings. The topological polar surface area (TPSA) is 38.9 Å². The van der Waals surface area contributed by atoms with Gasteiger partial charge in [0.05, 0.1) is 5.69 Å². The lowest BCUT2D eigenvalue weighted by Gasteiger charge is -1.98. The van der Waals surface area contributed by atoms with E-state index in [0.29, 0.717) is 6.54 Å². The van der Waals surface area contributed by atoms with Crippen LogP contribution in [0.4, 0.5) is 0 Å². The Kier molecular flexibility index (Phi) is 3.70. The second-order valence-corrected chi connectivity index (χ2v) is 4.59. The molecule has 0 amide bonds. The van der Waals surface area contributed by atoms with E-state index in [2.05, 4.69) is 41.6 Å². The van der Waals surface area contributed by atoms with Gasteiger partial charge in [-0.15, -0.1) is 11.3 Å². The van der Waals surface area contributed by atoms with Gasteiger partial charge in [0, 0.05) is 17.4 Å². The molecule has 3 heteroatoms. The SMILES string of the molecule is CCc1ccc(-c2nc(CCN)cs2)cc1. The average molecular weight is 232 g/mol. The number of rotatable bonds is 4. The minimum atomic E-state index is 0.665. The van der Waals surface area contributed by atoms with Crippen molar-refractivity contribution in [1.82, 2.24) is 4.98 Å². The first kappa shape index (κ1) is 11.3. The summed E-state index contributed by atoms with van der Waals surface area (Å²) in [7, 11) is 0. The largest absolute Gasteiger partial charge is 0.330 e. The van der Waals surface area contributed by atoms with Crippen molar-refractivity contribution < 1.29 is 0 Å². The number of thiazole rings is 1. The molecule has 0 aliphatic heterocycles. The van der Waals surface area contributed by atoms with Crippen molar-refractivity contribution in [3.8, 4) is 10.6 Å². The van der Waals surface area contributed by atoms with Crippen LogP contribution in [0.2, 0.25) is 0 Å². The highest BCUT2D eigenvalue weighted by Gasteiger charge is 2.03. The fourth-order valence-corrected chi connectivity index (χ4v) is 2.45. The second kappa shape index (κ2) is 5.23. The van der Waals surface area contributed by atoms with E-state index in [-0.39, 0.29) is 0 Å². The van der Waals surface area contributed by atoms with Crippen LogP contribution in [-0.2, 0) is 12.8 Å². The maximum Gasteiger partial charge on any atom is 0.123 e. The zero-order valence-corrected chi connectivity index (χ0v) is 10.3. The first-order valence-corrected chi connectivity index (χ1v) is 6.45. The summed E-state index contributed by atoms with van der Waals surface area (Å²) in [5.41, 5.74) is 9.17. The van der Waals surface area contributed by atoms with E-state index in [1.807, 2.05) is 0 Å². The molecule has 2 nitrogen and oxygen atoms in total. The summed E-state index contributed by atoms with van der Waals surface area (Å²) in [6.07, 6.45) is 1.94. The smallest absolute Gasteiger partial charge is 0.123 e. The Morgan fingerprint density at radius 3 is 2.62 bits per heavy atom. The summed E-state index contributed by atoms with van der Waals surface area (Å²) < 4.78 is 0. The van der Waals surface area contributed by atoms with E-state index in [1.165, 1.54) is 11.1 Å². The lowest BCUT2D eigenvalue weighted by Crippen LogP contribution is -2.02. The zero-order valence-electron chi connectivity index (χ0n) is 9.44. The molecular formula is C13H16N2S. The van der Waals surface area contributed by atoms with E-state index in [0.717, 1.165) is 23.5 Å². The normalized spacial score (nSPS) is 10.6. The summed E-state index contributed by atoms with van der Waals surface area (Å²) in [5, 5.41) is 3.18. The molecule has 0 atom stereocenters. The van der Waals surface area contributed by atoms with Crippen molar-refractivity contribution in [1.29, 1.82) is 0 Å². The molecule has 0 saturated heterocycles. The van der Waals surface area contributed by atoms with Gasteiger partial charge in [0.2, 0.25) is 0 Å². The fraction of sp³-hybridized carbons (Fsp3) is 0.308. The fourth-order valence-electron chi connectivity index (χ4n) is 1.59. The predicted molar refractivity (Wildman–Crippen MR) is 69.7 cm³/mol. The first-order chi connectivity index (χ1) is 7.83. The van der Waals surface area contributed by atoms with Crippen LogP contribution in [0.1, 0.15) is 18.2 Å². The van der Waals surface area contributed by atoms with Crippen LogP contribution < -0.4 is 5.73 Å². The summed E-state index contributed by atoms with van der Waals surface area (Å²) in [6.45, 7) is 2.83. The third kappa shape index (κ3) is 2.49. The van der Waals surface area contributed by atoms with Crippen LogP contribution in [-0.4, -0.2) is 11.5 Å². The van der Waals surface area contributed by atoms with Crippen molar-refractivity contribution in [2.24, 2.45) is 5.73 Å². The number of nitrogens with zero attached hydrogens (tertiary/aromatic N) is 1. The lowest BCUT2D eigenvalue weighted by atomic mass is 10.1. The molecule has 2 N–H and O–H groups in total. The Labute approximate surface area is 100 Å². The van der Waals surface area contributed by atoms with Gasteiger partial charge in [0.15, 0.2) is 0 Å². The van der Waals surface area contributed by atoms with Gasteiger partial charge in [-0.1, -0.05) is 31.2 Å². The Morgan fingerprint density at radius 1 is 1.25 bits per heavy atom. The standard InChI is InChI=1S/C13H16N2S/c1-2-10-3-5-11(6-4-10)13-15-12(7-8-14)9-16-13/h3-6,9H,2,7-8,14H2,1H3. The highest BCUT2D eigenvalue weighted by molar-refractivity contribution is 7.13. The highest BCUT2D eigenvalue weighted by Crippen LogP contribution is 2.24. The molecule has 0 bridgehead atoms. The molecule has 1 heterocycles. The minimum absolute atomic E-state index is 0.665. The van der Waals surface area contributed by atoms with Gasteiger partial charge < -0.3 is 5.73 Å². The molecule has 0 aliphatic carbocycles. The molecule has 2 rings (SSSR count). The van der Waals surface area contributed by atoms with Gasteiger partial charge in [-0.2, -0.15) is 0 Å². The monoisotopic (exact) mass is 232 g/mol. The van der Waals surface area contributed by atoms with Crippen LogP contribution in [0, 0.1) is 0 Å². The van der Waals surface area contributed by atoms with Gasteiger partial charge in [-0.05, 0) is 18.5 Å². The third-order valence-corrected chi connectivity index (χ3v) is 3.50. The van der Waals surface area contributed by atoms with Gasteiger partial charge in [-0.25, -0.2) is 4.98 Å². The number of aryl methyl sites for hydroxylation is 1. The molecule has 16 heavy (non-hydrogen) atoms. The molecule has 1 aromatic carbocycles. The van der Waals surface area contributed by atoms with Crippen molar-refractivity contribution in [2.45, 2.75) is 19.8 Å². The van der Waals surface area contributed by atoms with Gasteiger partial charge >= 0.3 is 0 Å². The molecule has 0 unspecified atom stereocenters. The Hall–Kier alpha value is -1.19. The Morgan fingerprint density at radius 2 is 2.00 bits per heavy atom. The molecule has 1 aromatic heterocycles. The first-order valence-electron chi connectivity index (χ1n) is 5.57. The third-order valence-electron chi connectivity index (χ3n) is 2.56. The van der Waals surface area contributed by atoms with E-state index in [9.17, 15) is 0 Å². The molecule has 0 spiro atoms. The van der Waals surface area contributed by atoms with Crippen molar-refractivity contribution in [3.05, 3.63) is 40.9 Å². The summed E-state index contributed by atoms with van der Waals surface area (Å²) in [6, 6.07) is 8.62. The maximum absolute atomic E-state index is 5.51. The summed E-state index contributed by atoms with van der Waals surface area (Å²) >= 11 is 1.69. The molecule has 84 valence electrons. The predicted octanol–water partition coefficient (Wildman–Crippen LogP) is 2.87. The highest BCUT2D eigenvalue weighted by atomic mass is 32.1. The van der Waals surface area contributed by atoms with E-state index in [4.69, 9.17) is 5.73 Å². The molecule has 0 fully saturated rings. The lowest BCUT2D eigenvalue weighted by molar-refractivity contribution is 0.936. The van der Waals surface area contributed by atoms with E-state index in [1.54, 1.807) is 11.3 Å². The quantitative estimate of drug-likeness (QED) is 0.880. The van der Waals surface area contributed by atoms with Crippen molar-refractivity contribution in [2.75, 3.05) is 6.54 Å².